The van der Waals surface area contributed by atoms with Gasteiger partial charge in [-0.05, 0) is 56.5 Å². The lowest BCUT2D eigenvalue weighted by molar-refractivity contribution is -0.124. The van der Waals surface area contributed by atoms with Crippen molar-refractivity contribution in [3.63, 3.8) is 0 Å². The predicted molar refractivity (Wildman–Crippen MR) is 110 cm³/mol. The standard InChI is InChI=1S/C22H26N4O2/c1-14(2)13-22(4,21(23)28)25-20(27)16-10-11-19-18(12-16)24-15(3)26(19)17-8-6-5-7-9-17/h5-12,14H,13H2,1-4H3,(H2,23,28)(H,25,27). The van der Waals surface area contributed by atoms with Crippen LogP contribution in [0.5, 0.6) is 0 Å². The highest BCUT2D eigenvalue weighted by Gasteiger charge is 2.34. The lowest BCUT2D eigenvalue weighted by Gasteiger charge is -2.29. The zero-order chi connectivity index (χ0) is 20.5. The van der Waals surface area contributed by atoms with Gasteiger partial charge in [-0.15, -0.1) is 0 Å². The van der Waals surface area contributed by atoms with Crippen molar-refractivity contribution in [3.05, 3.63) is 59.9 Å². The van der Waals surface area contributed by atoms with E-state index in [-0.39, 0.29) is 11.8 Å². The Balaban J connectivity index is 1.95. The second-order valence-electron chi connectivity index (χ2n) is 7.78. The minimum Gasteiger partial charge on any atom is -0.368 e. The molecule has 1 unspecified atom stereocenters. The fourth-order valence-electron chi connectivity index (χ4n) is 3.60. The summed E-state index contributed by atoms with van der Waals surface area (Å²) < 4.78 is 2.04. The number of aromatic nitrogens is 2. The molecule has 0 saturated heterocycles. The summed E-state index contributed by atoms with van der Waals surface area (Å²) in [6, 6.07) is 15.3. The first-order chi connectivity index (χ1) is 13.2. The molecule has 2 aromatic carbocycles. The number of hydrogen-bond donors (Lipinski definition) is 2. The van der Waals surface area contributed by atoms with Crippen LogP contribution in [0.2, 0.25) is 0 Å². The molecule has 3 aromatic rings. The molecule has 0 aliphatic heterocycles. The van der Waals surface area contributed by atoms with Gasteiger partial charge in [0.05, 0.1) is 11.0 Å². The molecule has 0 bridgehead atoms. The number of primary amides is 1. The third-order valence-corrected chi connectivity index (χ3v) is 4.85. The maximum absolute atomic E-state index is 12.8. The van der Waals surface area contributed by atoms with Crippen molar-refractivity contribution in [2.24, 2.45) is 11.7 Å². The molecular weight excluding hydrogens is 352 g/mol. The number of nitrogens with two attached hydrogens (primary N) is 1. The van der Waals surface area contributed by atoms with E-state index >= 15 is 0 Å². The lowest BCUT2D eigenvalue weighted by atomic mass is 9.89. The Kier molecular flexibility index (Phi) is 5.23. The molecule has 3 N–H and O–H groups in total. The van der Waals surface area contributed by atoms with Crippen LogP contribution in [0.3, 0.4) is 0 Å². The van der Waals surface area contributed by atoms with Crippen LogP contribution in [0.15, 0.2) is 48.5 Å². The van der Waals surface area contributed by atoms with E-state index in [1.807, 2.05) is 61.7 Å². The summed E-state index contributed by atoms with van der Waals surface area (Å²) in [6.07, 6.45) is 0.470. The molecule has 146 valence electrons. The minimum atomic E-state index is -1.10. The van der Waals surface area contributed by atoms with Crippen molar-refractivity contribution in [3.8, 4) is 5.69 Å². The van der Waals surface area contributed by atoms with E-state index in [1.165, 1.54) is 0 Å². The number of benzene rings is 2. The number of amides is 2. The molecule has 28 heavy (non-hydrogen) atoms. The Morgan fingerprint density at radius 1 is 1.18 bits per heavy atom. The average molecular weight is 378 g/mol. The third-order valence-electron chi connectivity index (χ3n) is 4.85. The van der Waals surface area contributed by atoms with Gasteiger partial charge in [-0.3, -0.25) is 14.2 Å². The van der Waals surface area contributed by atoms with Crippen LogP contribution < -0.4 is 11.1 Å². The molecule has 0 saturated carbocycles. The number of para-hydroxylation sites is 1. The lowest BCUT2D eigenvalue weighted by Crippen LogP contribution is -2.56. The first-order valence-electron chi connectivity index (χ1n) is 9.38. The van der Waals surface area contributed by atoms with Gasteiger partial charge in [0.1, 0.15) is 11.4 Å². The number of carbonyl (C=O) groups excluding carboxylic acids is 2. The average Bonchev–Trinajstić information content (AvgIpc) is 2.96. The van der Waals surface area contributed by atoms with Gasteiger partial charge in [0.25, 0.3) is 5.91 Å². The van der Waals surface area contributed by atoms with E-state index in [0.717, 1.165) is 22.5 Å². The van der Waals surface area contributed by atoms with Gasteiger partial charge in [-0.25, -0.2) is 4.98 Å². The fraction of sp³-hybridized carbons (Fsp3) is 0.318. The molecule has 6 nitrogen and oxygen atoms in total. The number of aryl methyl sites for hydroxylation is 1. The summed E-state index contributed by atoms with van der Waals surface area (Å²) in [6.45, 7) is 7.57. The Bertz CT molecular complexity index is 1020. The third kappa shape index (κ3) is 3.76. The molecule has 6 heteroatoms. The monoisotopic (exact) mass is 378 g/mol. The second kappa shape index (κ2) is 7.46. The molecule has 3 rings (SSSR count). The van der Waals surface area contributed by atoms with E-state index < -0.39 is 11.4 Å². The SMILES string of the molecule is Cc1nc2cc(C(=O)NC(C)(CC(C)C)C(N)=O)ccc2n1-c1ccccc1. The molecule has 0 fully saturated rings. The largest absolute Gasteiger partial charge is 0.368 e. The van der Waals surface area contributed by atoms with E-state index in [1.54, 1.807) is 19.1 Å². The van der Waals surface area contributed by atoms with Crippen molar-refractivity contribution in [1.29, 1.82) is 0 Å². The Labute approximate surface area is 164 Å². The Morgan fingerprint density at radius 2 is 1.86 bits per heavy atom. The van der Waals surface area contributed by atoms with E-state index in [0.29, 0.717) is 12.0 Å². The summed E-state index contributed by atoms with van der Waals surface area (Å²) in [7, 11) is 0. The molecule has 1 heterocycles. The highest BCUT2D eigenvalue weighted by Crippen LogP contribution is 2.23. The number of fused-ring (bicyclic) bond motifs is 1. The molecule has 0 radical (unpaired) electrons. The molecule has 2 amide bonds. The Morgan fingerprint density at radius 3 is 2.46 bits per heavy atom. The molecular formula is C22H26N4O2. The maximum Gasteiger partial charge on any atom is 0.252 e. The first kappa shape index (κ1) is 19.6. The molecule has 0 spiro atoms. The second-order valence-corrected chi connectivity index (χ2v) is 7.78. The van der Waals surface area contributed by atoms with Gasteiger partial charge >= 0.3 is 0 Å². The predicted octanol–water partition coefficient (Wildman–Crippen LogP) is 3.35. The number of carbonyl (C=O) groups is 2. The number of nitrogens with zero attached hydrogens (tertiary/aromatic N) is 2. The van der Waals surface area contributed by atoms with Crippen molar-refractivity contribution < 1.29 is 9.59 Å². The van der Waals surface area contributed by atoms with Gasteiger partial charge in [-0.2, -0.15) is 0 Å². The highest BCUT2D eigenvalue weighted by molar-refractivity contribution is 6.01. The van der Waals surface area contributed by atoms with Crippen molar-refractivity contribution in [2.45, 2.75) is 39.7 Å². The van der Waals surface area contributed by atoms with E-state index in [4.69, 9.17) is 5.73 Å². The minimum absolute atomic E-state index is 0.213. The van der Waals surface area contributed by atoms with Crippen LogP contribution >= 0.6 is 0 Å². The van der Waals surface area contributed by atoms with Crippen LogP contribution in [0.25, 0.3) is 16.7 Å². The summed E-state index contributed by atoms with van der Waals surface area (Å²) in [4.78, 5) is 29.3. The number of imidazole rings is 1. The van der Waals surface area contributed by atoms with Crippen LogP contribution in [-0.2, 0) is 4.79 Å². The molecule has 1 aromatic heterocycles. The van der Waals surface area contributed by atoms with Crippen molar-refractivity contribution >= 4 is 22.8 Å². The summed E-state index contributed by atoms with van der Waals surface area (Å²) in [5, 5.41) is 2.81. The summed E-state index contributed by atoms with van der Waals surface area (Å²) in [5.74, 6) is 0.167. The number of rotatable bonds is 6. The normalized spacial score (nSPS) is 13.5. The molecule has 0 aliphatic carbocycles. The van der Waals surface area contributed by atoms with Crippen LogP contribution in [0.4, 0.5) is 0 Å². The zero-order valence-electron chi connectivity index (χ0n) is 16.7. The van der Waals surface area contributed by atoms with Crippen LogP contribution in [-0.4, -0.2) is 26.9 Å². The maximum atomic E-state index is 12.8. The van der Waals surface area contributed by atoms with Gasteiger partial charge in [0.15, 0.2) is 0 Å². The molecule has 1 atom stereocenters. The molecule has 0 aliphatic rings. The number of hydrogen-bond acceptors (Lipinski definition) is 3. The topological polar surface area (TPSA) is 90.0 Å². The highest BCUT2D eigenvalue weighted by atomic mass is 16.2. The van der Waals surface area contributed by atoms with Crippen LogP contribution in [0, 0.1) is 12.8 Å². The van der Waals surface area contributed by atoms with Crippen molar-refractivity contribution in [2.75, 3.05) is 0 Å². The first-order valence-corrected chi connectivity index (χ1v) is 9.38. The smallest absolute Gasteiger partial charge is 0.252 e. The Hall–Kier alpha value is -3.15. The van der Waals surface area contributed by atoms with E-state index in [9.17, 15) is 9.59 Å². The van der Waals surface area contributed by atoms with Gasteiger partial charge in [0, 0.05) is 11.3 Å². The number of nitrogens with one attached hydrogen (secondary N) is 1. The zero-order valence-corrected chi connectivity index (χ0v) is 16.7. The summed E-state index contributed by atoms with van der Waals surface area (Å²) >= 11 is 0. The fourth-order valence-corrected chi connectivity index (χ4v) is 3.60. The quantitative estimate of drug-likeness (QED) is 0.689. The summed E-state index contributed by atoms with van der Waals surface area (Å²) in [5.41, 5.74) is 7.55. The van der Waals surface area contributed by atoms with Crippen molar-refractivity contribution in [1.82, 2.24) is 14.9 Å². The van der Waals surface area contributed by atoms with Crippen LogP contribution in [0.1, 0.15) is 43.4 Å². The van der Waals surface area contributed by atoms with Gasteiger partial charge < -0.3 is 11.1 Å². The van der Waals surface area contributed by atoms with E-state index in [2.05, 4.69) is 10.3 Å². The van der Waals surface area contributed by atoms with Gasteiger partial charge in [0.2, 0.25) is 5.91 Å². The van der Waals surface area contributed by atoms with Gasteiger partial charge in [-0.1, -0.05) is 32.0 Å².